The molecule has 0 spiro atoms. The third kappa shape index (κ3) is 12.3. The van der Waals surface area contributed by atoms with E-state index in [-0.39, 0.29) is 17.0 Å². The molecular weight excluding hydrogens is 480 g/mol. The van der Waals surface area contributed by atoms with E-state index in [0.717, 1.165) is 18.6 Å². The van der Waals surface area contributed by atoms with E-state index in [1.165, 1.54) is 43.5 Å². The second-order valence-electron chi connectivity index (χ2n) is 8.76. The van der Waals surface area contributed by atoms with Gasteiger partial charge >= 0.3 is 5.97 Å². The molecule has 0 bridgehead atoms. The SMILES string of the molecule is C=C(C)C(=O)OC(COCC(CC)CCCC)Cn1cc[n+](C)c1.C=Cc1ccc(S(=O)(=O)[O-])cc1. The molecule has 0 aliphatic rings. The maximum Gasteiger partial charge on any atom is 0.333 e. The third-order valence-electron chi connectivity index (χ3n) is 5.47. The second kappa shape index (κ2) is 16.1. The number of unbranched alkanes of at least 4 members (excludes halogenated alkanes) is 1. The lowest BCUT2D eigenvalue weighted by molar-refractivity contribution is -0.671. The van der Waals surface area contributed by atoms with Gasteiger partial charge in [0.1, 0.15) is 29.1 Å². The smallest absolute Gasteiger partial charge is 0.333 e. The van der Waals surface area contributed by atoms with Gasteiger partial charge in [-0.15, -0.1) is 0 Å². The molecule has 2 atom stereocenters. The Morgan fingerprint density at radius 2 is 1.89 bits per heavy atom. The monoisotopic (exact) mass is 520 g/mol. The van der Waals surface area contributed by atoms with Crippen molar-refractivity contribution in [3.05, 3.63) is 67.3 Å². The van der Waals surface area contributed by atoms with Crippen molar-refractivity contribution < 1.29 is 31.8 Å². The fourth-order valence-corrected chi connectivity index (χ4v) is 3.73. The van der Waals surface area contributed by atoms with Gasteiger partial charge in [0.15, 0.2) is 6.10 Å². The summed E-state index contributed by atoms with van der Waals surface area (Å²) < 4.78 is 46.7. The van der Waals surface area contributed by atoms with Gasteiger partial charge in [-0.3, -0.25) is 0 Å². The van der Waals surface area contributed by atoms with Crippen LogP contribution in [-0.4, -0.2) is 42.8 Å². The zero-order chi connectivity index (χ0) is 27.1. The molecule has 0 aliphatic heterocycles. The Labute approximate surface area is 216 Å². The molecule has 0 saturated carbocycles. The summed E-state index contributed by atoms with van der Waals surface area (Å²) in [5, 5.41) is 0. The third-order valence-corrected chi connectivity index (χ3v) is 6.31. The van der Waals surface area contributed by atoms with Gasteiger partial charge in [0.25, 0.3) is 0 Å². The van der Waals surface area contributed by atoms with Gasteiger partial charge in [0, 0.05) is 12.2 Å². The Kier molecular flexibility index (Phi) is 14.0. The summed E-state index contributed by atoms with van der Waals surface area (Å²) in [4.78, 5) is 11.6. The van der Waals surface area contributed by atoms with Crippen LogP contribution in [0.25, 0.3) is 6.08 Å². The van der Waals surface area contributed by atoms with Gasteiger partial charge in [0.05, 0.1) is 18.6 Å². The number of carbonyl (C=O) groups excluding carboxylic acids is 1. The highest BCUT2D eigenvalue weighted by Crippen LogP contribution is 2.14. The van der Waals surface area contributed by atoms with E-state index in [9.17, 15) is 17.8 Å². The van der Waals surface area contributed by atoms with Gasteiger partial charge in [0.2, 0.25) is 6.33 Å². The number of carbonyl (C=O) groups is 1. The quantitative estimate of drug-likeness (QED) is 0.160. The number of nitrogens with zero attached hydrogens (tertiary/aromatic N) is 2. The van der Waals surface area contributed by atoms with Gasteiger partial charge in [-0.2, -0.15) is 0 Å². The molecular formula is C27H40N2O6S. The summed E-state index contributed by atoms with van der Waals surface area (Å²) in [5.41, 5.74) is 1.19. The zero-order valence-electron chi connectivity index (χ0n) is 21.9. The fourth-order valence-electron chi connectivity index (χ4n) is 3.26. The molecule has 2 unspecified atom stereocenters. The predicted molar refractivity (Wildman–Crippen MR) is 139 cm³/mol. The first kappa shape index (κ1) is 31.3. The van der Waals surface area contributed by atoms with E-state index in [2.05, 4.69) is 27.0 Å². The summed E-state index contributed by atoms with van der Waals surface area (Å²) in [7, 11) is -2.35. The lowest BCUT2D eigenvalue weighted by atomic mass is 10.0. The van der Waals surface area contributed by atoms with Gasteiger partial charge < -0.3 is 14.0 Å². The van der Waals surface area contributed by atoms with Crippen LogP contribution in [0.5, 0.6) is 0 Å². The van der Waals surface area contributed by atoms with Gasteiger partial charge in [-0.25, -0.2) is 22.3 Å². The van der Waals surface area contributed by atoms with E-state index in [1.807, 2.05) is 34.9 Å². The molecule has 2 rings (SSSR count). The Morgan fingerprint density at radius 3 is 2.36 bits per heavy atom. The number of hydrogen-bond donors (Lipinski definition) is 0. The molecule has 0 radical (unpaired) electrons. The Balaban J connectivity index is 0.000000450. The van der Waals surface area contributed by atoms with Crippen LogP contribution in [0, 0.1) is 5.92 Å². The second-order valence-corrected chi connectivity index (χ2v) is 10.1. The highest BCUT2D eigenvalue weighted by molar-refractivity contribution is 7.85. The number of ether oxygens (including phenoxy) is 2. The summed E-state index contributed by atoms with van der Waals surface area (Å²) >= 11 is 0. The molecule has 0 fully saturated rings. The number of aryl methyl sites for hydroxylation is 1. The number of rotatable bonds is 14. The lowest BCUT2D eigenvalue weighted by Crippen LogP contribution is -2.30. The van der Waals surface area contributed by atoms with Crippen molar-refractivity contribution in [1.82, 2.24) is 4.57 Å². The number of aromatic nitrogens is 2. The Morgan fingerprint density at radius 1 is 1.22 bits per heavy atom. The van der Waals surface area contributed by atoms with Crippen molar-refractivity contribution in [1.29, 1.82) is 0 Å². The molecule has 2 aromatic rings. The van der Waals surface area contributed by atoms with E-state index in [1.54, 1.807) is 13.0 Å². The van der Waals surface area contributed by atoms with Crippen molar-refractivity contribution in [3.63, 3.8) is 0 Å². The van der Waals surface area contributed by atoms with E-state index in [0.29, 0.717) is 24.6 Å². The topological polar surface area (TPSA) is 102 Å². The molecule has 36 heavy (non-hydrogen) atoms. The first-order valence-corrected chi connectivity index (χ1v) is 13.5. The maximum atomic E-state index is 11.9. The van der Waals surface area contributed by atoms with E-state index < -0.39 is 10.1 Å². The molecule has 0 amide bonds. The molecule has 0 saturated heterocycles. The predicted octanol–water partition coefficient (Wildman–Crippen LogP) is 4.27. The molecule has 200 valence electrons. The average Bonchev–Trinajstić information content (AvgIpc) is 3.25. The minimum absolute atomic E-state index is 0.215. The first-order chi connectivity index (χ1) is 17.0. The van der Waals surface area contributed by atoms with Crippen molar-refractivity contribution in [2.24, 2.45) is 13.0 Å². The zero-order valence-corrected chi connectivity index (χ0v) is 22.7. The van der Waals surface area contributed by atoms with Crippen LogP contribution in [0.2, 0.25) is 0 Å². The number of benzene rings is 1. The van der Waals surface area contributed by atoms with Crippen LogP contribution < -0.4 is 4.57 Å². The van der Waals surface area contributed by atoms with Crippen LogP contribution in [-0.2, 0) is 38.0 Å². The number of hydrogen-bond acceptors (Lipinski definition) is 6. The summed E-state index contributed by atoms with van der Waals surface area (Å²) in [6.45, 7) is 14.9. The lowest BCUT2D eigenvalue weighted by Gasteiger charge is -2.19. The summed E-state index contributed by atoms with van der Waals surface area (Å²) in [6.07, 6.45) is 11.9. The molecule has 1 aromatic heterocycles. The van der Waals surface area contributed by atoms with E-state index >= 15 is 0 Å². The fraction of sp³-hybridized carbons (Fsp3) is 0.481. The van der Waals surface area contributed by atoms with Crippen LogP contribution in [0.1, 0.15) is 52.0 Å². The minimum atomic E-state index is -4.31. The Hall–Kier alpha value is -2.75. The van der Waals surface area contributed by atoms with Gasteiger partial charge in [-0.1, -0.05) is 64.5 Å². The van der Waals surface area contributed by atoms with Crippen LogP contribution in [0.4, 0.5) is 0 Å². The van der Waals surface area contributed by atoms with Crippen molar-refractivity contribution >= 4 is 22.2 Å². The molecule has 8 nitrogen and oxygen atoms in total. The van der Waals surface area contributed by atoms with Crippen LogP contribution >= 0.6 is 0 Å². The molecule has 1 aromatic carbocycles. The van der Waals surface area contributed by atoms with Gasteiger partial charge in [-0.05, 0) is 37.0 Å². The van der Waals surface area contributed by atoms with Crippen LogP contribution in [0.3, 0.4) is 0 Å². The normalized spacial score (nSPS) is 12.7. The molecule has 1 heterocycles. The van der Waals surface area contributed by atoms with Crippen molar-refractivity contribution in [2.75, 3.05) is 13.2 Å². The number of imidazole rings is 1. The molecule has 9 heteroatoms. The number of esters is 1. The Bertz CT molecular complexity index is 1060. The maximum absolute atomic E-state index is 11.9. The van der Waals surface area contributed by atoms with E-state index in [4.69, 9.17) is 9.47 Å². The van der Waals surface area contributed by atoms with Crippen molar-refractivity contribution in [2.45, 2.75) is 64.0 Å². The standard InChI is InChI=1S/C19H33N2O3.C8H8O3S/c1-6-8-9-17(7-2)13-23-14-18(24-19(22)16(3)4)12-21-11-10-20(5)15-21;1-2-7-3-5-8(6-4-7)12(9,10)11/h10-11,15,17-18H,3,6-9,12-14H2,1-2,4-5H3;2-6H,1H2,(H,9,10,11)/q+1;/p-1. The summed E-state index contributed by atoms with van der Waals surface area (Å²) in [6, 6.07) is 5.58. The first-order valence-electron chi connectivity index (χ1n) is 12.1. The minimum Gasteiger partial charge on any atom is -0.744 e. The molecule has 0 N–H and O–H groups in total. The van der Waals surface area contributed by atoms with Crippen LogP contribution in [0.15, 0.2) is 66.6 Å². The largest absolute Gasteiger partial charge is 0.744 e. The molecule has 0 aliphatic carbocycles. The highest BCUT2D eigenvalue weighted by Gasteiger charge is 2.19. The van der Waals surface area contributed by atoms with Crippen molar-refractivity contribution in [3.8, 4) is 0 Å². The average molecular weight is 521 g/mol. The highest BCUT2D eigenvalue weighted by atomic mass is 32.2. The summed E-state index contributed by atoms with van der Waals surface area (Å²) in [5.74, 6) is 0.213.